The molecule has 2 atom stereocenters. The fraction of sp³-hybridized carbons (Fsp3) is 0.500. The van der Waals surface area contributed by atoms with Gasteiger partial charge >= 0.3 is 6.18 Å². The summed E-state index contributed by atoms with van der Waals surface area (Å²) in [5.41, 5.74) is -2.16. The molecule has 1 fully saturated rings. The number of carbonyl (C=O) groups excluding carboxylic acids is 1. The van der Waals surface area contributed by atoms with E-state index in [2.05, 4.69) is 5.32 Å². The number of carbonyl (C=O) groups is 1. The molecule has 1 aromatic rings. The van der Waals surface area contributed by atoms with Crippen LogP contribution >= 0.6 is 0 Å². The van der Waals surface area contributed by atoms with Crippen LogP contribution in [-0.2, 0) is 10.9 Å². The summed E-state index contributed by atoms with van der Waals surface area (Å²) in [4.78, 5) is 11.9. The monoisotopic (exact) mass is 303 g/mol. The van der Waals surface area contributed by atoms with E-state index in [1.165, 1.54) is 12.1 Å². The van der Waals surface area contributed by atoms with Gasteiger partial charge in [0.15, 0.2) is 0 Å². The maximum Gasteiger partial charge on any atom is 0.416 e. The average Bonchev–Trinajstić information content (AvgIpc) is 2.76. The van der Waals surface area contributed by atoms with Crippen molar-refractivity contribution >= 4 is 5.91 Å². The Bertz CT molecular complexity index is 532. The molecule has 1 aliphatic rings. The van der Waals surface area contributed by atoms with Crippen LogP contribution in [0.3, 0.4) is 0 Å². The number of hydrogen-bond donors (Lipinski definition) is 2. The molecule has 0 saturated carbocycles. The number of hydrogen-bond acceptors (Lipinski definition) is 3. The summed E-state index contributed by atoms with van der Waals surface area (Å²) in [5, 5.41) is 12.7. The van der Waals surface area contributed by atoms with Gasteiger partial charge in [-0.25, -0.2) is 0 Å². The van der Waals surface area contributed by atoms with Crippen molar-refractivity contribution < 1.29 is 27.8 Å². The Hall–Kier alpha value is -1.60. The predicted octanol–water partition coefficient (Wildman–Crippen LogP) is 1.98. The SMILES string of the molecule is CC1OCCC1(O)CNC(=O)c1cccc(C(F)(F)F)c1. The van der Waals surface area contributed by atoms with Crippen LogP contribution in [0.15, 0.2) is 24.3 Å². The van der Waals surface area contributed by atoms with Crippen LogP contribution in [0.5, 0.6) is 0 Å². The van der Waals surface area contributed by atoms with Gasteiger partial charge in [-0.1, -0.05) is 6.07 Å². The summed E-state index contributed by atoms with van der Waals surface area (Å²) in [6, 6.07) is 4.15. The Balaban J connectivity index is 2.04. The zero-order valence-corrected chi connectivity index (χ0v) is 11.4. The molecule has 2 N–H and O–H groups in total. The van der Waals surface area contributed by atoms with Gasteiger partial charge in [-0.2, -0.15) is 13.2 Å². The second kappa shape index (κ2) is 5.65. The highest BCUT2D eigenvalue weighted by Crippen LogP contribution is 2.29. The fourth-order valence-corrected chi connectivity index (χ4v) is 2.18. The number of alkyl halides is 3. The van der Waals surface area contributed by atoms with Gasteiger partial charge < -0.3 is 15.2 Å². The van der Waals surface area contributed by atoms with Crippen molar-refractivity contribution in [3.63, 3.8) is 0 Å². The molecule has 4 nitrogen and oxygen atoms in total. The van der Waals surface area contributed by atoms with E-state index in [4.69, 9.17) is 4.74 Å². The third-order valence-corrected chi connectivity index (χ3v) is 3.67. The van der Waals surface area contributed by atoms with Crippen molar-refractivity contribution in [2.24, 2.45) is 0 Å². The van der Waals surface area contributed by atoms with E-state index in [0.29, 0.717) is 13.0 Å². The van der Waals surface area contributed by atoms with Gasteiger partial charge in [0.05, 0.1) is 11.7 Å². The van der Waals surface area contributed by atoms with Crippen molar-refractivity contribution in [2.75, 3.05) is 13.2 Å². The second-order valence-corrected chi connectivity index (χ2v) is 5.13. The van der Waals surface area contributed by atoms with Crippen molar-refractivity contribution in [1.82, 2.24) is 5.32 Å². The standard InChI is InChI=1S/C14H16F3NO3/c1-9-13(20,5-6-21-9)8-18-12(19)10-3-2-4-11(7-10)14(15,16)17/h2-4,7,9,20H,5-6,8H2,1H3,(H,18,19). The highest BCUT2D eigenvalue weighted by atomic mass is 19.4. The molecule has 1 saturated heterocycles. The Kier molecular flexibility index (Phi) is 4.25. The Morgan fingerprint density at radius 2 is 2.24 bits per heavy atom. The van der Waals surface area contributed by atoms with Gasteiger partial charge in [-0.05, 0) is 25.1 Å². The molecule has 0 bridgehead atoms. The number of benzene rings is 1. The third kappa shape index (κ3) is 3.54. The van der Waals surface area contributed by atoms with E-state index in [1.807, 2.05) is 0 Å². The molecular weight excluding hydrogens is 287 g/mol. The molecule has 1 aliphatic heterocycles. The lowest BCUT2D eigenvalue weighted by molar-refractivity contribution is -0.137. The highest BCUT2D eigenvalue weighted by molar-refractivity contribution is 5.94. The van der Waals surface area contributed by atoms with E-state index in [0.717, 1.165) is 12.1 Å². The number of nitrogens with one attached hydrogen (secondary N) is 1. The minimum atomic E-state index is -4.50. The molecule has 1 amide bonds. The molecule has 116 valence electrons. The van der Waals surface area contributed by atoms with E-state index < -0.39 is 29.4 Å². The molecule has 0 radical (unpaired) electrons. The molecular formula is C14H16F3NO3. The van der Waals surface area contributed by atoms with Gasteiger partial charge in [0.1, 0.15) is 5.60 Å². The van der Waals surface area contributed by atoms with Crippen molar-refractivity contribution in [1.29, 1.82) is 0 Å². The normalized spacial score (nSPS) is 25.9. The van der Waals surface area contributed by atoms with Crippen LogP contribution in [0.1, 0.15) is 29.3 Å². The number of amides is 1. The number of ether oxygens (including phenoxy) is 1. The first-order valence-corrected chi connectivity index (χ1v) is 6.52. The number of rotatable bonds is 3. The van der Waals surface area contributed by atoms with Crippen LogP contribution < -0.4 is 5.32 Å². The molecule has 1 heterocycles. The topological polar surface area (TPSA) is 58.6 Å². The molecule has 1 aromatic carbocycles. The minimum Gasteiger partial charge on any atom is -0.385 e. The molecule has 2 rings (SSSR count). The second-order valence-electron chi connectivity index (χ2n) is 5.13. The first kappa shape index (κ1) is 15.8. The van der Waals surface area contributed by atoms with E-state index in [-0.39, 0.29) is 12.1 Å². The summed E-state index contributed by atoms with van der Waals surface area (Å²) in [6.07, 6.45) is -4.56. The average molecular weight is 303 g/mol. The van der Waals surface area contributed by atoms with Crippen LogP contribution in [0.2, 0.25) is 0 Å². The lowest BCUT2D eigenvalue weighted by Gasteiger charge is -2.26. The molecule has 0 aliphatic carbocycles. The maximum absolute atomic E-state index is 12.6. The summed E-state index contributed by atoms with van der Waals surface area (Å²) in [6.45, 7) is 2.00. The van der Waals surface area contributed by atoms with Gasteiger partial charge in [0.2, 0.25) is 0 Å². The van der Waals surface area contributed by atoms with E-state index >= 15 is 0 Å². The maximum atomic E-state index is 12.6. The summed E-state index contributed by atoms with van der Waals surface area (Å²) >= 11 is 0. The first-order valence-electron chi connectivity index (χ1n) is 6.52. The van der Waals surface area contributed by atoms with E-state index in [1.54, 1.807) is 6.92 Å². The van der Waals surface area contributed by atoms with Crippen molar-refractivity contribution in [3.8, 4) is 0 Å². The number of halogens is 3. The van der Waals surface area contributed by atoms with Crippen molar-refractivity contribution in [3.05, 3.63) is 35.4 Å². The van der Waals surface area contributed by atoms with Gasteiger partial charge in [0.25, 0.3) is 5.91 Å². The Morgan fingerprint density at radius 3 is 2.81 bits per heavy atom. The number of aliphatic hydroxyl groups is 1. The van der Waals surface area contributed by atoms with Crippen LogP contribution in [-0.4, -0.2) is 35.9 Å². The zero-order chi connectivity index (χ0) is 15.7. The lowest BCUT2D eigenvalue weighted by Crippen LogP contribution is -2.47. The fourth-order valence-electron chi connectivity index (χ4n) is 2.18. The largest absolute Gasteiger partial charge is 0.416 e. The summed E-state index contributed by atoms with van der Waals surface area (Å²) < 4.78 is 43.0. The van der Waals surface area contributed by atoms with Crippen LogP contribution in [0.4, 0.5) is 13.2 Å². The Morgan fingerprint density at radius 1 is 1.52 bits per heavy atom. The molecule has 21 heavy (non-hydrogen) atoms. The zero-order valence-electron chi connectivity index (χ0n) is 11.4. The quantitative estimate of drug-likeness (QED) is 0.897. The summed E-state index contributed by atoms with van der Waals surface area (Å²) in [5.74, 6) is -0.659. The summed E-state index contributed by atoms with van der Waals surface area (Å²) in [7, 11) is 0. The molecule has 0 aromatic heterocycles. The van der Waals surface area contributed by atoms with Crippen LogP contribution in [0, 0.1) is 0 Å². The molecule has 7 heteroatoms. The molecule has 2 unspecified atom stereocenters. The third-order valence-electron chi connectivity index (χ3n) is 3.67. The van der Waals surface area contributed by atoms with Crippen LogP contribution in [0.25, 0.3) is 0 Å². The van der Waals surface area contributed by atoms with Crippen molar-refractivity contribution in [2.45, 2.75) is 31.2 Å². The predicted molar refractivity (Wildman–Crippen MR) is 68.8 cm³/mol. The smallest absolute Gasteiger partial charge is 0.385 e. The molecule has 0 spiro atoms. The lowest BCUT2D eigenvalue weighted by atomic mass is 9.96. The minimum absolute atomic E-state index is 0.0662. The van der Waals surface area contributed by atoms with Gasteiger partial charge in [0, 0.05) is 25.1 Å². The van der Waals surface area contributed by atoms with Gasteiger partial charge in [-0.15, -0.1) is 0 Å². The van der Waals surface area contributed by atoms with E-state index in [9.17, 15) is 23.1 Å². The first-order chi connectivity index (χ1) is 9.72. The highest BCUT2D eigenvalue weighted by Gasteiger charge is 2.39. The van der Waals surface area contributed by atoms with Gasteiger partial charge in [-0.3, -0.25) is 4.79 Å². The Labute approximate surface area is 119 Å².